The molecule has 0 fully saturated rings. The number of fused-ring (bicyclic) bond motifs is 1. The normalized spacial score (nSPS) is 14.1. The van der Waals surface area contributed by atoms with Crippen LogP contribution in [0.1, 0.15) is 42.4 Å². The summed E-state index contributed by atoms with van der Waals surface area (Å²) in [6.07, 6.45) is 1.98. The molecule has 1 aromatic heterocycles. The van der Waals surface area contributed by atoms with Crippen LogP contribution in [-0.4, -0.2) is 32.6 Å². The molecule has 162 valence electrons. The Bertz CT molecular complexity index is 1150. The molecule has 2 aromatic carbocycles. The van der Waals surface area contributed by atoms with E-state index < -0.39 is 10.4 Å². The Kier molecular flexibility index (Phi) is 6.13. The van der Waals surface area contributed by atoms with Crippen molar-refractivity contribution >= 4 is 21.7 Å². The van der Waals surface area contributed by atoms with Gasteiger partial charge in [0.25, 0.3) is 5.91 Å². The molecule has 0 saturated heterocycles. The van der Waals surface area contributed by atoms with Crippen molar-refractivity contribution in [3.05, 3.63) is 71.5 Å². The number of amides is 1. The third-order valence-electron chi connectivity index (χ3n) is 5.09. The topological polar surface area (TPSA) is 64.4 Å². The van der Waals surface area contributed by atoms with Crippen molar-refractivity contribution in [3.8, 4) is 11.4 Å². The third-order valence-corrected chi connectivity index (χ3v) is 6.23. The maximum Gasteiger partial charge on any atom is 0.258 e. The predicted octanol–water partition coefficient (Wildman–Crippen LogP) is 4.21. The molecule has 0 unspecified atom stereocenters. The van der Waals surface area contributed by atoms with E-state index in [4.69, 9.17) is 4.74 Å². The predicted molar refractivity (Wildman–Crippen MR) is 122 cm³/mol. The van der Waals surface area contributed by atoms with E-state index in [1.54, 1.807) is 35.4 Å². The minimum Gasteiger partial charge on any atom is -0.492 e. The molecule has 0 bridgehead atoms. The molecule has 0 atom stereocenters. The molecule has 0 saturated carbocycles. The Morgan fingerprint density at radius 1 is 1.19 bits per heavy atom. The Morgan fingerprint density at radius 2 is 1.97 bits per heavy atom. The van der Waals surface area contributed by atoms with Crippen molar-refractivity contribution in [2.24, 2.45) is 5.92 Å². The number of rotatable bonds is 6. The number of benzene rings is 2. The van der Waals surface area contributed by atoms with E-state index in [9.17, 15) is 9.00 Å². The van der Waals surface area contributed by atoms with Crippen LogP contribution in [0.5, 0.6) is 5.75 Å². The van der Waals surface area contributed by atoms with Crippen molar-refractivity contribution in [1.29, 1.82) is 0 Å². The van der Waals surface area contributed by atoms with Gasteiger partial charge in [0.1, 0.15) is 5.75 Å². The average molecular weight is 437 g/mol. The van der Waals surface area contributed by atoms with Gasteiger partial charge in [-0.1, -0.05) is 51.1 Å². The number of nitrogens with zero attached hydrogens (tertiary/aromatic N) is 3. The molecule has 1 aliphatic heterocycles. The fraction of sp³-hybridized carbons (Fsp3) is 0.292. The molecular weight excluding hydrogens is 410 g/mol. The first-order chi connectivity index (χ1) is 15.0. The summed E-state index contributed by atoms with van der Waals surface area (Å²) >= 11 is 0. The summed E-state index contributed by atoms with van der Waals surface area (Å²) in [5.74, 6) is 0.711. The zero-order valence-corrected chi connectivity index (χ0v) is 18.8. The molecule has 31 heavy (non-hydrogen) atoms. The number of ether oxygens (including phenoxy) is 1. The highest BCUT2D eigenvalue weighted by molar-refractivity contribution is 7.83. The van der Waals surface area contributed by atoms with Gasteiger partial charge in [-0.3, -0.25) is 4.79 Å². The lowest BCUT2D eigenvalue weighted by Crippen LogP contribution is -2.26. The summed E-state index contributed by atoms with van der Waals surface area (Å²) in [5.41, 5.74) is 3.35. The lowest BCUT2D eigenvalue weighted by molar-refractivity contribution is 0.0743. The molecule has 1 amide bonds. The van der Waals surface area contributed by atoms with Crippen LogP contribution in [0.25, 0.3) is 5.69 Å². The minimum absolute atomic E-state index is 0.141. The maximum atomic E-state index is 13.4. The Balaban J connectivity index is 1.59. The molecule has 3 aromatic rings. The third kappa shape index (κ3) is 4.51. The summed E-state index contributed by atoms with van der Waals surface area (Å²) in [4.78, 5) is 15.7. The van der Waals surface area contributed by atoms with Gasteiger partial charge in [0.15, 0.2) is 0 Å². The van der Waals surface area contributed by atoms with Gasteiger partial charge in [-0.05, 0) is 24.1 Å². The van der Waals surface area contributed by atoms with Crippen molar-refractivity contribution in [2.45, 2.75) is 38.8 Å². The molecule has 0 aliphatic carbocycles. The first-order valence-corrected chi connectivity index (χ1v) is 11.6. The van der Waals surface area contributed by atoms with Crippen molar-refractivity contribution < 1.29 is 13.7 Å². The van der Waals surface area contributed by atoms with E-state index >= 15 is 0 Å². The number of para-hydroxylation sites is 1. The number of hydrogen-bond acceptors (Lipinski definition) is 5. The highest BCUT2D eigenvalue weighted by Crippen LogP contribution is 2.29. The van der Waals surface area contributed by atoms with Crippen LogP contribution in [-0.2, 0) is 27.7 Å². The van der Waals surface area contributed by atoms with Gasteiger partial charge >= 0.3 is 0 Å². The SMILES string of the molecule is CC=[S-](=O)c1ccc(OCC(C)C)c(C(=O)N2Cc3cn(-c4ccccc4)nc3C2)c1. The van der Waals surface area contributed by atoms with Crippen LogP contribution in [0.4, 0.5) is 0 Å². The summed E-state index contributed by atoms with van der Waals surface area (Å²) in [7, 11) is -1.26. The maximum absolute atomic E-state index is 13.4. The number of aromatic nitrogens is 2. The van der Waals surface area contributed by atoms with Gasteiger partial charge < -0.3 is 13.8 Å². The van der Waals surface area contributed by atoms with Gasteiger partial charge in [0, 0.05) is 18.3 Å². The van der Waals surface area contributed by atoms with Gasteiger partial charge in [-0.25, -0.2) is 15.1 Å². The molecule has 7 heteroatoms. The standard InChI is InChI=1S/C24H26N3O3S/c1-4-31(29)20-10-11-23(30-16-17(2)3)21(12-20)24(28)26-13-18-14-27(25-22(18)15-26)19-8-6-5-7-9-19/h4-12,14,17H,13,15-16H2,1-3H3/q-1. The number of carbonyl (C=O) groups is 1. The van der Waals surface area contributed by atoms with Crippen LogP contribution < -0.4 is 4.74 Å². The van der Waals surface area contributed by atoms with Crippen LogP contribution in [0.2, 0.25) is 0 Å². The Morgan fingerprint density at radius 3 is 2.65 bits per heavy atom. The highest BCUT2D eigenvalue weighted by Gasteiger charge is 2.29. The van der Waals surface area contributed by atoms with Crippen LogP contribution >= 0.6 is 0 Å². The van der Waals surface area contributed by atoms with E-state index in [0.29, 0.717) is 41.8 Å². The van der Waals surface area contributed by atoms with Crippen LogP contribution in [0, 0.1) is 5.92 Å². The van der Waals surface area contributed by atoms with Gasteiger partial charge in [0.05, 0.1) is 30.1 Å². The monoisotopic (exact) mass is 436 g/mol. The van der Waals surface area contributed by atoms with Crippen LogP contribution in [0.15, 0.2) is 59.6 Å². The van der Waals surface area contributed by atoms with E-state index in [2.05, 4.69) is 18.9 Å². The second-order valence-electron chi connectivity index (χ2n) is 7.94. The molecule has 0 radical (unpaired) electrons. The smallest absolute Gasteiger partial charge is 0.258 e. The van der Waals surface area contributed by atoms with Gasteiger partial charge in [0.2, 0.25) is 0 Å². The average Bonchev–Trinajstić information content (AvgIpc) is 3.36. The van der Waals surface area contributed by atoms with Crippen molar-refractivity contribution in [1.82, 2.24) is 14.7 Å². The summed E-state index contributed by atoms with van der Waals surface area (Å²) < 4.78 is 20.0. The molecule has 0 N–H and O–H groups in total. The lowest BCUT2D eigenvalue weighted by Gasteiger charge is -2.20. The minimum atomic E-state index is -1.26. The van der Waals surface area contributed by atoms with E-state index in [1.165, 1.54) is 0 Å². The Labute approximate surface area is 184 Å². The fourth-order valence-corrected chi connectivity index (χ4v) is 4.21. The lowest BCUT2D eigenvalue weighted by atomic mass is 10.1. The zero-order valence-electron chi connectivity index (χ0n) is 17.9. The molecule has 4 rings (SSSR count). The first kappa shape index (κ1) is 21.2. The second-order valence-corrected chi connectivity index (χ2v) is 9.48. The van der Waals surface area contributed by atoms with Crippen LogP contribution in [0.3, 0.4) is 0 Å². The summed E-state index contributed by atoms with van der Waals surface area (Å²) in [5, 5.41) is 6.27. The van der Waals surface area contributed by atoms with Gasteiger partial charge in [-0.2, -0.15) is 10.5 Å². The highest BCUT2D eigenvalue weighted by atomic mass is 32.2. The van der Waals surface area contributed by atoms with E-state index in [0.717, 1.165) is 16.9 Å². The summed E-state index contributed by atoms with van der Waals surface area (Å²) in [6, 6.07) is 15.1. The number of carbonyl (C=O) groups excluding carboxylic acids is 1. The largest absolute Gasteiger partial charge is 0.492 e. The van der Waals surface area contributed by atoms with Gasteiger partial charge in [-0.15, -0.1) is 4.90 Å². The summed E-state index contributed by atoms with van der Waals surface area (Å²) in [6.45, 7) is 7.28. The fourth-order valence-electron chi connectivity index (χ4n) is 3.50. The molecule has 0 spiro atoms. The molecule has 1 aliphatic rings. The van der Waals surface area contributed by atoms with Crippen molar-refractivity contribution in [2.75, 3.05) is 6.61 Å². The van der Waals surface area contributed by atoms with E-state index in [-0.39, 0.29) is 5.91 Å². The Hall–Kier alpha value is -3.06. The van der Waals surface area contributed by atoms with Crippen molar-refractivity contribution in [3.63, 3.8) is 0 Å². The van der Waals surface area contributed by atoms with E-state index in [1.807, 2.05) is 41.2 Å². The molecule has 6 nitrogen and oxygen atoms in total. The molecular formula is C24H26N3O3S-. The molecule has 2 heterocycles. The quantitative estimate of drug-likeness (QED) is 0.429. The number of hydrogen-bond donors (Lipinski definition) is 0. The zero-order chi connectivity index (χ0) is 22.0. The second kappa shape index (κ2) is 8.98. The first-order valence-electron chi connectivity index (χ1n) is 10.3.